The van der Waals surface area contributed by atoms with Gasteiger partial charge in [0.1, 0.15) is 17.1 Å². The lowest BCUT2D eigenvalue weighted by Gasteiger charge is -2.44. The van der Waals surface area contributed by atoms with Gasteiger partial charge >= 0.3 is 0 Å². The topological polar surface area (TPSA) is 54.4 Å². The Balaban J connectivity index is 1.40. The van der Waals surface area contributed by atoms with Crippen molar-refractivity contribution < 1.29 is 13.5 Å². The smallest absolute Gasteiger partial charge is 0.179 e. The molecule has 6 nitrogen and oxygen atoms in total. The Morgan fingerprint density at radius 2 is 1.77 bits per heavy atom. The van der Waals surface area contributed by atoms with Crippen molar-refractivity contribution in [1.29, 1.82) is 0 Å². The van der Waals surface area contributed by atoms with E-state index in [0.717, 1.165) is 31.2 Å². The van der Waals surface area contributed by atoms with Crippen LogP contribution in [0.3, 0.4) is 0 Å². The molecule has 3 aromatic rings. The highest BCUT2D eigenvalue weighted by Gasteiger charge is 2.36. The predicted octanol–water partition coefficient (Wildman–Crippen LogP) is 6.77. The van der Waals surface area contributed by atoms with E-state index in [0.29, 0.717) is 48.0 Å². The molecule has 4 heterocycles. The Bertz CT molecular complexity index is 1350. The SMILES string of the molecule is CCC(C)N1CC(C)(C)Oc2c(F)cc(-c3nc(Cc4ccc(C5CC(C)N(C)C(C)C5)cn4)ncc3F)cc21. The zero-order valence-corrected chi connectivity index (χ0v) is 24.7. The number of ether oxygens (including phenoxy) is 1. The van der Waals surface area contributed by atoms with E-state index in [-0.39, 0.29) is 17.5 Å². The van der Waals surface area contributed by atoms with Gasteiger partial charge in [0.2, 0.25) is 0 Å². The lowest BCUT2D eigenvalue weighted by molar-refractivity contribution is 0.0960. The number of hydrogen-bond acceptors (Lipinski definition) is 6. The third-order valence-corrected chi connectivity index (χ3v) is 8.75. The normalized spacial score (nSPS) is 23.4. The molecule has 3 unspecified atom stereocenters. The van der Waals surface area contributed by atoms with Crippen molar-refractivity contribution in [3.05, 3.63) is 65.4 Å². The molecule has 8 heteroatoms. The molecule has 0 saturated carbocycles. The summed E-state index contributed by atoms with van der Waals surface area (Å²) in [4.78, 5) is 18.0. The van der Waals surface area contributed by atoms with Crippen molar-refractivity contribution in [3.63, 3.8) is 0 Å². The highest BCUT2D eigenvalue weighted by molar-refractivity contribution is 5.72. The van der Waals surface area contributed by atoms with Crippen LogP contribution in [0.1, 0.15) is 83.8 Å². The fraction of sp³-hybridized carbons (Fsp3) is 0.531. The monoisotopic (exact) mass is 549 g/mol. The fourth-order valence-electron chi connectivity index (χ4n) is 6.04. The van der Waals surface area contributed by atoms with E-state index in [1.807, 2.05) is 26.1 Å². The van der Waals surface area contributed by atoms with Crippen molar-refractivity contribution in [1.82, 2.24) is 19.9 Å². The molecule has 1 saturated heterocycles. The van der Waals surface area contributed by atoms with Crippen molar-refractivity contribution in [2.24, 2.45) is 0 Å². The quantitative estimate of drug-likeness (QED) is 0.338. The minimum Gasteiger partial charge on any atom is -0.481 e. The largest absolute Gasteiger partial charge is 0.481 e. The molecule has 1 aromatic carbocycles. The number of nitrogens with zero attached hydrogens (tertiary/aromatic N) is 5. The summed E-state index contributed by atoms with van der Waals surface area (Å²) in [7, 11) is 2.19. The van der Waals surface area contributed by atoms with Crippen LogP contribution in [0.5, 0.6) is 5.75 Å². The summed E-state index contributed by atoms with van der Waals surface area (Å²) < 4.78 is 36.5. The van der Waals surface area contributed by atoms with Gasteiger partial charge in [0.15, 0.2) is 17.4 Å². The second kappa shape index (κ2) is 11.0. The first-order valence-corrected chi connectivity index (χ1v) is 14.4. The molecule has 0 N–H and O–H groups in total. The average molecular weight is 550 g/mol. The van der Waals surface area contributed by atoms with Crippen LogP contribution in [0.2, 0.25) is 0 Å². The molecule has 1 fully saturated rings. The van der Waals surface area contributed by atoms with Gasteiger partial charge in [-0.2, -0.15) is 0 Å². The minimum atomic E-state index is -0.593. The Hall–Kier alpha value is -3.13. The lowest BCUT2D eigenvalue weighted by Crippen LogP contribution is -2.50. The van der Waals surface area contributed by atoms with Gasteiger partial charge in [-0.1, -0.05) is 13.0 Å². The molecule has 2 aliphatic heterocycles. The number of rotatable bonds is 6. The van der Waals surface area contributed by atoms with Crippen LogP contribution in [0.25, 0.3) is 11.3 Å². The van der Waals surface area contributed by atoms with E-state index in [1.165, 1.54) is 11.6 Å². The zero-order valence-electron chi connectivity index (χ0n) is 24.7. The molecule has 2 aliphatic rings. The third-order valence-electron chi connectivity index (χ3n) is 8.75. The van der Waals surface area contributed by atoms with Gasteiger partial charge in [-0.25, -0.2) is 18.7 Å². The highest BCUT2D eigenvalue weighted by Crippen LogP contribution is 2.43. The Morgan fingerprint density at radius 1 is 1.05 bits per heavy atom. The number of benzene rings is 1. The molecule has 214 valence electrons. The first-order chi connectivity index (χ1) is 19.0. The van der Waals surface area contributed by atoms with Crippen LogP contribution in [0.15, 0.2) is 36.7 Å². The standard InChI is InChI=1S/C32H41F2N5O/c1-8-19(2)39-18-32(5,6)40-31-26(33)13-24(14-28(31)39)30-27(34)17-36-29(37-30)15-25-10-9-22(16-35-25)23-11-20(3)38(7)21(4)12-23/h9-10,13-14,16-17,19-21,23H,8,11-12,15,18H2,1-7H3. The van der Waals surface area contributed by atoms with Crippen LogP contribution >= 0.6 is 0 Å². The van der Waals surface area contributed by atoms with Gasteiger partial charge in [-0.3, -0.25) is 4.98 Å². The molecule has 0 radical (unpaired) electrons. The van der Waals surface area contributed by atoms with Crippen molar-refractivity contribution in [2.75, 3.05) is 18.5 Å². The average Bonchev–Trinajstić information content (AvgIpc) is 2.92. The molecule has 40 heavy (non-hydrogen) atoms. The van der Waals surface area contributed by atoms with Gasteiger partial charge in [-0.15, -0.1) is 0 Å². The van der Waals surface area contributed by atoms with Gasteiger partial charge in [0.25, 0.3) is 0 Å². The molecule has 0 bridgehead atoms. The maximum atomic E-state index is 15.4. The summed E-state index contributed by atoms with van der Waals surface area (Å²) in [5.41, 5.74) is 2.58. The number of anilines is 1. The molecular weight excluding hydrogens is 508 g/mol. The number of pyridine rings is 1. The summed E-state index contributed by atoms with van der Waals surface area (Å²) in [5, 5.41) is 0. The van der Waals surface area contributed by atoms with E-state index in [2.05, 4.69) is 60.6 Å². The second-order valence-electron chi connectivity index (χ2n) is 12.3. The van der Waals surface area contributed by atoms with E-state index >= 15 is 8.78 Å². The maximum Gasteiger partial charge on any atom is 0.179 e. The molecule has 2 aromatic heterocycles. The molecule has 5 rings (SSSR count). The first kappa shape index (κ1) is 28.4. The van der Waals surface area contributed by atoms with E-state index in [4.69, 9.17) is 9.72 Å². The molecular formula is C32H41F2N5O. The molecule has 0 aliphatic carbocycles. The van der Waals surface area contributed by atoms with Crippen LogP contribution in [-0.4, -0.2) is 57.2 Å². The van der Waals surface area contributed by atoms with Gasteiger partial charge < -0.3 is 14.5 Å². The zero-order chi connectivity index (χ0) is 28.8. The Labute approximate surface area is 236 Å². The van der Waals surface area contributed by atoms with Crippen molar-refractivity contribution in [2.45, 2.75) is 96.9 Å². The van der Waals surface area contributed by atoms with Gasteiger partial charge in [-0.05, 0) is 90.6 Å². The number of aromatic nitrogens is 3. The summed E-state index contributed by atoms with van der Waals surface area (Å²) in [6.07, 6.45) is 6.59. The Kier molecular flexibility index (Phi) is 7.83. The predicted molar refractivity (Wildman–Crippen MR) is 155 cm³/mol. The van der Waals surface area contributed by atoms with Crippen LogP contribution in [-0.2, 0) is 6.42 Å². The maximum absolute atomic E-state index is 15.4. The van der Waals surface area contributed by atoms with Gasteiger partial charge in [0, 0.05) is 35.6 Å². The highest BCUT2D eigenvalue weighted by atomic mass is 19.1. The second-order valence-corrected chi connectivity index (χ2v) is 12.3. The number of hydrogen-bond donors (Lipinski definition) is 0. The van der Waals surface area contributed by atoms with Crippen LogP contribution < -0.4 is 9.64 Å². The lowest BCUT2D eigenvalue weighted by atomic mass is 9.83. The number of fused-ring (bicyclic) bond motifs is 1. The van der Waals surface area contributed by atoms with E-state index < -0.39 is 17.2 Å². The number of piperidine rings is 1. The van der Waals surface area contributed by atoms with Crippen LogP contribution in [0.4, 0.5) is 14.5 Å². The molecule has 3 atom stereocenters. The number of halogens is 2. The fourth-order valence-corrected chi connectivity index (χ4v) is 6.04. The van der Waals surface area contributed by atoms with Crippen molar-refractivity contribution in [3.8, 4) is 17.0 Å². The summed E-state index contributed by atoms with van der Waals surface area (Å²) >= 11 is 0. The minimum absolute atomic E-state index is 0.0755. The first-order valence-electron chi connectivity index (χ1n) is 14.4. The summed E-state index contributed by atoms with van der Waals surface area (Å²) in [6, 6.07) is 8.47. The van der Waals surface area contributed by atoms with Crippen LogP contribution in [0, 0.1) is 11.6 Å². The summed E-state index contributed by atoms with van der Waals surface area (Å²) in [6.45, 7) is 13.3. The van der Waals surface area contributed by atoms with E-state index in [1.54, 1.807) is 6.07 Å². The molecule has 0 amide bonds. The number of likely N-dealkylation sites (tertiary alicyclic amines) is 1. The summed E-state index contributed by atoms with van der Waals surface area (Å²) in [5.74, 6) is 0.00651. The third kappa shape index (κ3) is 5.69. The van der Waals surface area contributed by atoms with Gasteiger partial charge in [0.05, 0.1) is 24.8 Å². The van der Waals surface area contributed by atoms with Crippen molar-refractivity contribution >= 4 is 5.69 Å². The molecule has 0 spiro atoms. The van der Waals surface area contributed by atoms with E-state index in [9.17, 15) is 0 Å². The Morgan fingerprint density at radius 3 is 2.42 bits per heavy atom.